The Morgan fingerprint density at radius 3 is 2.55 bits per heavy atom. The van der Waals surface area contributed by atoms with Crippen molar-refractivity contribution >= 4 is 34.3 Å². The molecule has 1 atom stereocenters. The highest BCUT2D eigenvalue weighted by atomic mass is 35.5. The molecule has 3 aromatic carbocycles. The van der Waals surface area contributed by atoms with Crippen molar-refractivity contribution in [3.05, 3.63) is 70.7 Å². The van der Waals surface area contributed by atoms with Crippen LogP contribution < -0.4 is 14.8 Å². The molecule has 0 spiro atoms. The van der Waals surface area contributed by atoms with Gasteiger partial charge in [-0.3, -0.25) is 4.79 Å². The molecule has 0 aliphatic rings. The molecule has 0 fully saturated rings. The Morgan fingerprint density at radius 2 is 1.82 bits per heavy atom. The number of hydrogen-bond acceptors (Lipinski definition) is 5. The summed E-state index contributed by atoms with van der Waals surface area (Å²) in [4.78, 5) is 17.7. The average Bonchev–Trinajstić information content (AvgIpc) is 3.27. The van der Waals surface area contributed by atoms with Gasteiger partial charge in [0.1, 0.15) is 17.0 Å². The van der Waals surface area contributed by atoms with Crippen molar-refractivity contribution in [3.63, 3.8) is 0 Å². The number of fused-ring (bicyclic) bond motifs is 1. The van der Waals surface area contributed by atoms with Crippen LogP contribution in [-0.4, -0.2) is 25.1 Å². The van der Waals surface area contributed by atoms with Crippen molar-refractivity contribution in [2.24, 2.45) is 0 Å². The molecule has 6 nitrogen and oxygen atoms in total. The van der Waals surface area contributed by atoms with E-state index in [4.69, 9.17) is 25.5 Å². The molecule has 1 N–H and O–H groups in total. The molecular formula is C26H25ClN2O4. The third-order valence-corrected chi connectivity index (χ3v) is 5.93. The number of nitrogens with zero attached hydrogens (tertiary/aromatic N) is 1. The van der Waals surface area contributed by atoms with Gasteiger partial charge in [0.15, 0.2) is 5.58 Å². The summed E-state index contributed by atoms with van der Waals surface area (Å²) in [7, 11) is 3.04. The Bertz CT molecular complexity index is 1320. The number of nitrogens with one attached hydrogen (secondary N) is 1. The second-order valence-corrected chi connectivity index (χ2v) is 8.21. The molecule has 1 unspecified atom stereocenters. The first-order chi connectivity index (χ1) is 15.9. The summed E-state index contributed by atoms with van der Waals surface area (Å²) >= 11 is 6.08. The summed E-state index contributed by atoms with van der Waals surface area (Å²) < 4.78 is 16.7. The van der Waals surface area contributed by atoms with Gasteiger partial charge in [-0.05, 0) is 66.4 Å². The van der Waals surface area contributed by atoms with E-state index in [-0.39, 0.29) is 5.91 Å². The maximum Gasteiger partial charge on any atom is 0.259 e. The summed E-state index contributed by atoms with van der Waals surface area (Å²) in [5.74, 6) is 1.46. The first-order valence-corrected chi connectivity index (χ1v) is 11.0. The quantitative estimate of drug-likeness (QED) is 0.321. The summed E-state index contributed by atoms with van der Waals surface area (Å²) in [6.45, 7) is 4.35. The van der Waals surface area contributed by atoms with E-state index < -0.39 is 0 Å². The largest absolute Gasteiger partial charge is 0.496 e. The zero-order chi connectivity index (χ0) is 23.5. The maximum atomic E-state index is 13.0. The molecule has 1 amide bonds. The summed E-state index contributed by atoms with van der Waals surface area (Å²) in [5.41, 5.74) is 4.24. The molecule has 0 saturated heterocycles. The van der Waals surface area contributed by atoms with Gasteiger partial charge in [-0.2, -0.15) is 0 Å². The summed E-state index contributed by atoms with van der Waals surface area (Å²) in [6, 6.07) is 16.3. The van der Waals surface area contributed by atoms with Crippen molar-refractivity contribution < 1.29 is 18.7 Å². The number of ether oxygens (including phenoxy) is 2. The van der Waals surface area contributed by atoms with Crippen LogP contribution in [0.2, 0.25) is 5.02 Å². The Kier molecular flexibility index (Phi) is 6.56. The molecule has 0 bridgehead atoms. The van der Waals surface area contributed by atoms with Crippen LogP contribution in [0.3, 0.4) is 0 Å². The molecular weight excluding hydrogens is 440 g/mol. The van der Waals surface area contributed by atoms with Crippen LogP contribution in [0, 0.1) is 0 Å². The lowest BCUT2D eigenvalue weighted by Crippen LogP contribution is -2.14. The number of methoxy groups -OCH3 is 2. The van der Waals surface area contributed by atoms with E-state index in [1.807, 2.05) is 12.1 Å². The van der Waals surface area contributed by atoms with E-state index in [1.165, 1.54) is 12.7 Å². The molecule has 170 valence electrons. The van der Waals surface area contributed by atoms with Crippen molar-refractivity contribution in [2.75, 3.05) is 19.5 Å². The van der Waals surface area contributed by atoms with Gasteiger partial charge in [0, 0.05) is 10.6 Å². The van der Waals surface area contributed by atoms with Gasteiger partial charge in [0.25, 0.3) is 5.91 Å². The Labute approximate surface area is 197 Å². The summed E-state index contributed by atoms with van der Waals surface area (Å²) in [6.07, 6.45) is 1.05. The number of carbonyl (C=O) groups is 1. The van der Waals surface area contributed by atoms with Crippen LogP contribution in [0.1, 0.15) is 42.1 Å². The Morgan fingerprint density at radius 1 is 1.06 bits per heavy atom. The average molecular weight is 465 g/mol. The predicted octanol–water partition coefficient (Wildman–Crippen LogP) is 6.93. The minimum Gasteiger partial charge on any atom is -0.496 e. The molecule has 1 aromatic heterocycles. The summed E-state index contributed by atoms with van der Waals surface area (Å²) in [5, 5.41) is 3.32. The van der Waals surface area contributed by atoms with Crippen LogP contribution >= 0.6 is 11.6 Å². The Hall–Kier alpha value is -3.51. The second-order valence-electron chi connectivity index (χ2n) is 7.77. The number of amides is 1. The molecule has 0 aliphatic heterocycles. The van der Waals surface area contributed by atoms with Crippen LogP contribution in [-0.2, 0) is 0 Å². The van der Waals surface area contributed by atoms with Gasteiger partial charge in [-0.1, -0.05) is 31.5 Å². The van der Waals surface area contributed by atoms with E-state index in [1.54, 1.807) is 37.4 Å². The van der Waals surface area contributed by atoms with Gasteiger partial charge in [0.2, 0.25) is 5.89 Å². The van der Waals surface area contributed by atoms with Gasteiger partial charge in [-0.15, -0.1) is 0 Å². The molecule has 1 heterocycles. The number of anilines is 1. The minimum atomic E-state index is -0.374. The zero-order valence-corrected chi connectivity index (χ0v) is 19.7. The maximum absolute atomic E-state index is 13.0. The van der Waals surface area contributed by atoms with Crippen molar-refractivity contribution in [1.82, 2.24) is 4.98 Å². The van der Waals surface area contributed by atoms with Crippen LogP contribution in [0.5, 0.6) is 11.5 Å². The van der Waals surface area contributed by atoms with E-state index in [2.05, 4.69) is 36.3 Å². The molecule has 0 aliphatic carbocycles. The first-order valence-electron chi connectivity index (χ1n) is 10.7. The number of halogens is 1. The van der Waals surface area contributed by atoms with Gasteiger partial charge < -0.3 is 19.2 Å². The van der Waals surface area contributed by atoms with Crippen molar-refractivity contribution in [1.29, 1.82) is 0 Å². The molecule has 4 aromatic rings. The van der Waals surface area contributed by atoms with Crippen molar-refractivity contribution in [3.8, 4) is 23.0 Å². The fraction of sp³-hybridized carbons (Fsp3) is 0.231. The lowest BCUT2D eigenvalue weighted by Gasteiger charge is -2.13. The standard InChI is InChI=1S/C26H25ClN2O4/c1-5-15(2)16-6-10-24-21(12-16)29-26(33-24)17-7-9-23(32-4)20(13-17)28-25(30)19-14-18(27)8-11-22(19)31-3/h6-15H,5H2,1-4H3,(H,28,30). The van der Waals surface area contributed by atoms with Gasteiger partial charge in [-0.25, -0.2) is 4.98 Å². The zero-order valence-electron chi connectivity index (χ0n) is 18.9. The number of hydrogen-bond donors (Lipinski definition) is 1. The highest BCUT2D eigenvalue weighted by Gasteiger charge is 2.17. The van der Waals surface area contributed by atoms with E-state index in [0.717, 1.165) is 11.9 Å². The number of oxazole rings is 1. The van der Waals surface area contributed by atoms with Crippen LogP contribution in [0.15, 0.2) is 59.0 Å². The van der Waals surface area contributed by atoms with Crippen LogP contribution in [0.25, 0.3) is 22.6 Å². The lowest BCUT2D eigenvalue weighted by atomic mass is 9.98. The number of aromatic nitrogens is 1. The second kappa shape index (κ2) is 9.55. The number of carbonyl (C=O) groups excluding carboxylic acids is 1. The normalized spacial score (nSPS) is 11.9. The SMILES string of the molecule is CCC(C)c1ccc2oc(-c3ccc(OC)c(NC(=O)c4cc(Cl)ccc4OC)c3)nc2c1. The molecule has 33 heavy (non-hydrogen) atoms. The Balaban J connectivity index is 1.69. The van der Waals surface area contributed by atoms with E-state index in [0.29, 0.717) is 50.7 Å². The van der Waals surface area contributed by atoms with E-state index in [9.17, 15) is 4.79 Å². The predicted molar refractivity (Wildman–Crippen MR) is 131 cm³/mol. The highest BCUT2D eigenvalue weighted by Crippen LogP contribution is 2.34. The first kappa shape index (κ1) is 22.7. The molecule has 7 heteroatoms. The fourth-order valence-corrected chi connectivity index (χ4v) is 3.77. The topological polar surface area (TPSA) is 73.6 Å². The van der Waals surface area contributed by atoms with Gasteiger partial charge in [0.05, 0.1) is 25.5 Å². The van der Waals surface area contributed by atoms with E-state index >= 15 is 0 Å². The number of rotatable bonds is 7. The van der Waals surface area contributed by atoms with Crippen LogP contribution in [0.4, 0.5) is 5.69 Å². The number of benzene rings is 3. The molecule has 0 saturated carbocycles. The molecule has 0 radical (unpaired) electrons. The van der Waals surface area contributed by atoms with Crippen molar-refractivity contribution in [2.45, 2.75) is 26.2 Å². The minimum absolute atomic E-state index is 0.317. The highest BCUT2D eigenvalue weighted by molar-refractivity contribution is 6.31. The smallest absolute Gasteiger partial charge is 0.259 e. The monoisotopic (exact) mass is 464 g/mol. The van der Waals surface area contributed by atoms with Gasteiger partial charge >= 0.3 is 0 Å². The third-order valence-electron chi connectivity index (χ3n) is 5.69. The fourth-order valence-electron chi connectivity index (χ4n) is 3.60. The lowest BCUT2D eigenvalue weighted by molar-refractivity contribution is 0.102. The molecule has 4 rings (SSSR count). The third kappa shape index (κ3) is 4.66.